The van der Waals surface area contributed by atoms with Gasteiger partial charge in [0.2, 0.25) is 0 Å². The largest absolute Gasteiger partial charge is 0.422 e. The number of carbonyl (C=O) groups excluding carboxylic acids is 2. The monoisotopic (exact) mass is 432 g/mol. The fraction of sp³-hybridized carbons (Fsp3) is 0.0357. The Morgan fingerprint density at radius 1 is 0.879 bits per heavy atom. The van der Waals surface area contributed by atoms with E-state index in [2.05, 4.69) is 5.32 Å². The maximum absolute atomic E-state index is 12.9. The molecule has 0 spiro atoms. The molecule has 0 aliphatic heterocycles. The third kappa shape index (κ3) is 4.97. The van der Waals surface area contributed by atoms with Crippen LogP contribution >= 0.6 is 0 Å². The number of nitrogens with one attached hydrogen (secondary N) is 1. The number of amides is 1. The van der Waals surface area contributed by atoms with Gasteiger partial charge in [-0.3, -0.25) is 4.79 Å². The lowest BCUT2D eigenvalue weighted by atomic mass is 10.1. The van der Waals surface area contributed by atoms with Gasteiger partial charge in [-0.2, -0.15) is 5.26 Å². The zero-order valence-corrected chi connectivity index (χ0v) is 17.9. The summed E-state index contributed by atoms with van der Waals surface area (Å²) in [6, 6.07) is 29.0. The van der Waals surface area contributed by atoms with Gasteiger partial charge < -0.3 is 10.1 Å². The number of rotatable bonds is 5. The second-order valence-corrected chi connectivity index (χ2v) is 7.44. The SMILES string of the molecule is Cc1ccc(C(=O)Oc2ccccc2/C=C(\C#N)C(=O)Nc2cccc3ccccc23)cc1. The number of nitrogens with zero attached hydrogens (tertiary/aromatic N) is 1. The van der Waals surface area contributed by atoms with E-state index in [-0.39, 0.29) is 11.3 Å². The molecule has 5 heteroatoms. The minimum atomic E-state index is -0.548. The van der Waals surface area contributed by atoms with Crippen LogP contribution in [0.5, 0.6) is 5.75 Å². The zero-order valence-electron chi connectivity index (χ0n) is 17.9. The van der Waals surface area contributed by atoms with Crippen LogP contribution in [0.2, 0.25) is 0 Å². The number of nitriles is 1. The second-order valence-electron chi connectivity index (χ2n) is 7.44. The van der Waals surface area contributed by atoms with Gasteiger partial charge in [-0.15, -0.1) is 0 Å². The van der Waals surface area contributed by atoms with Gasteiger partial charge in [-0.05, 0) is 42.7 Å². The van der Waals surface area contributed by atoms with Crippen molar-refractivity contribution in [1.82, 2.24) is 0 Å². The highest BCUT2D eigenvalue weighted by atomic mass is 16.5. The van der Waals surface area contributed by atoms with E-state index in [0.717, 1.165) is 16.3 Å². The number of aryl methyl sites for hydroxylation is 1. The average molecular weight is 432 g/mol. The van der Waals surface area contributed by atoms with Crippen molar-refractivity contribution in [3.63, 3.8) is 0 Å². The van der Waals surface area contributed by atoms with Crippen LogP contribution in [0.4, 0.5) is 5.69 Å². The molecule has 0 heterocycles. The summed E-state index contributed by atoms with van der Waals surface area (Å²) >= 11 is 0. The summed E-state index contributed by atoms with van der Waals surface area (Å²) in [6.45, 7) is 1.93. The Labute approximate surface area is 191 Å². The highest BCUT2D eigenvalue weighted by Crippen LogP contribution is 2.25. The Morgan fingerprint density at radius 3 is 2.36 bits per heavy atom. The molecule has 0 atom stereocenters. The summed E-state index contributed by atoms with van der Waals surface area (Å²) in [7, 11) is 0. The molecule has 0 unspecified atom stereocenters. The summed E-state index contributed by atoms with van der Waals surface area (Å²) in [5, 5.41) is 14.3. The molecule has 0 aliphatic carbocycles. The molecule has 33 heavy (non-hydrogen) atoms. The molecule has 1 amide bonds. The zero-order chi connectivity index (χ0) is 23.2. The molecular formula is C28H20N2O3. The fourth-order valence-electron chi connectivity index (χ4n) is 3.37. The van der Waals surface area contributed by atoms with Crippen LogP contribution in [0, 0.1) is 18.3 Å². The Hall–Kier alpha value is -4.69. The summed E-state index contributed by atoms with van der Waals surface area (Å²) in [4.78, 5) is 25.4. The number of anilines is 1. The molecule has 160 valence electrons. The standard InChI is InChI=1S/C28H20N2O3/c1-19-13-15-21(16-14-19)28(32)33-26-12-5-3-8-22(26)17-23(18-29)27(31)30-25-11-6-9-20-7-2-4-10-24(20)25/h2-17H,1H3,(H,30,31)/b23-17+. The molecule has 0 radical (unpaired) electrons. The Kier molecular flexibility index (Phi) is 6.28. The Balaban J connectivity index is 1.59. The van der Waals surface area contributed by atoms with E-state index in [1.807, 2.05) is 61.5 Å². The van der Waals surface area contributed by atoms with Crippen LogP contribution in [-0.4, -0.2) is 11.9 Å². The first kappa shape index (κ1) is 21.5. The first-order valence-corrected chi connectivity index (χ1v) is 10.3. The fourth-order valence-corrected chi connectivity index (χ4v) is 3.37. The van der Waals surface area contributed by atoms with Crippen LogP contribution in [-0.2, 0) is 4.79 Å². The second kappa shape index (κ2) is 9.63. The third-order valence-corrected chi connectivity index (χ3v) is 5.11. The van der Waals surface area contributed by atoms with E-state index in [0.29, 0.717) is 16.8 Å². The number of esters is 1. The Morgan fingerprint density at radius 2 is 1.58 bits per heavy atom. The van der Waals surface area contributed by atoms with Gasteiger partial charge >= 0.3 is 5.97 Å². The van der Waals surface area contributed by atoms with Crippen LogP contribution in [0.15, 0.2) is 96.6 Å². The highest BCUT2D eigenvalue weighted by Gasteiger charge is 2.15. The van der Waals surface area contributed by atoms with E-state index >= 15 is 0 Å². The molecule has 0 aromatic heterocycles. The molecule has 4 rings (SSSR count). The molecule has 0 fully saturated rings. The van der Waals surface area contributed by atoms with Gasteiger partial charge in [-0.1, -0.05) is 72.3 Å². The van der Waals surface area contributed by atoms with Gasteiger partial charge in [0.15, 0.2) is 0 Å². The van der Waals surface area contributed by atoms with Crippen LogP contribution in [0.1, 0.15) is 21.5 Å². The smallest absolute Gasteiger partial charge is 0.343 e. The molecule has 5 nitrogen and oxygen atoms in total. The first-order chi connectivity index (χ1) is 16.0. The van der Waals surface area contributed by atoms with Crippen molar-refractivity contribution >= 4 is 34.4 Å². The van der Waals surface area contributed by atoms with Crippen molar-refractivity contribution < 1.29 is 14.3 Å². The number of hydrogen-bond donors (Lipinski definition) is 1. The van der Waals surface area contributed by atoms with E-state index < -0.39 is 11.9 Å². The Bertz CT molecular complexity index is 1410. The highest BCUT2D eigenvalue weighted by molar-refractivity contribution is 6.13. The number of para-hydroxylation sites is 1. The van der Waals surface area contributed by atoms with Gasteiger partial charge in [0.1, 0.15) is 17.4 Å². The molecule has 0 bridgehead atoms. The van der Waals surface area contributed by atoms with Gasteiger partial charge in [0, 0.05) is 16.6 Å². The number of benzene rings is 4. The lowest BCUT2D eigenvalue weighted by Crippen LogP contribution is -2.14. The molecular weight excluding hydrogens is 412 g/mol. The van der Waals surface area contributed by atoms with Crippen molar-refractivity contribution in [2.75, 3.05) is 5.32 Å². The molecule has 0 saturated heterocycles. The molecule has 4 aromatic rings. The lowest BCUT2D eigenvalue weighted by molar-refractivity contribution is -0.112. The van der Waals surface area contributed by atoms with Gasteiger partial charge in [0.25, 0.3) is 5.91 Å². The van der Waals surface area contributed by atoms with Crippen molar-refractivity contribution in [3.8, 4) is 11.8 Å². The van der Waals surface area contributed by atoms with Crippen LogP contribution in [0.25, 0.3) is 16.8 Å². The van der Waals surface area contributed by atoms with Crippen molar-refractivity contribution in [2.24, 2.45) is 0 Å². The van der Waals surface area contributed by atoms with Crippen molar-refractivity contribution in [3.05, 3.63) is 113 Å². The normalized spacial score (nSPS) is 11.0. The van der Waals surface area contributed by atoms with E-state index in [9.17, 15) is 14.9 Å². The number of carbonyl (C=O) groups is 2. The minimum Gasteiger partial charge on any atom is -0.422 e. The van der Waals surface area contributed by atoms with Gasteiger partial charge in [0.05, 0.1) is 5.56 Å². The predicted molar refractivity (Wildman–Crippen MR) is 129 cm³/mol. The summed E-state index contributed by atoms with van der Waals surface area (Å²) in [6.07, 6.45) is 1.41. The number of hydrogen-bond acceptors (Lipinski definition) is 4. The summed E-state index contributed by atoms with van der Waals surface area (Å²) in [5.74, 6) is -0.808. The summed E-state index contributed by atoms with van der Waals surface area (Å²) in [5.41, 5.74) is 2.39. The van der Waals surface area contributed by atoms with Crippen molar-refractivity contribution in [1.29, 1.82) is 5.26 Å². The van der Waals surface area contributed by atoms with Gasteiger partial charge in [-0.25, -0.2) is 4.79 Å². The molecule has 0 aliphatic rings. The molecule has 1 N–H and O–H groups in total. The lowest BCUT2D eigenvalue weighted by Gasteiger charge is -2.10. The first-order valence-electron chi connectivity index (χ1n) is 10.3. The summed E-state index contributed by atoms with van der Waals surface area (Å²) < 4.78 is 5.55. The predicted octanol–water partition coefficient (Wildman–Crippen LogP) is 5.91. The molecule has 0 saturated carbocycles. The van der Waals surface area contributed by atoms with Crippen LogP contribution in [0.3, 0.4) is 0 Å². The minimum absolute atomic E-state index is 0.109. The third-order valence-electron chi connectivity index (χ3n) is 5.11. The molecule has 4 aromatic carbocycles. The maximum atomic E-state index is 12.9. The topological polar surface area (TPSA) is 79.2 Å². The number of ether oxygens (including phenoxy) is 1. The average Bonchev–Trinajstić information content (AvgIpc) is 2.84. The maximum Gasteiger partial charge on any atom is 0.343 e. The number of fused-ring (bicyclic) bond motifs is 1. The van der Waals surface area contributed by atoms with E-state index in [1.54, 1.807) is 42.5 Å². The quantitative estimate of drug-likeness (QED) is 0.184. The van der Waals surface area contributed by atoms with E-state index in [1.165, 1.54) is 6.08 Å². The van der Waals surface area contributed by atoms with Crippen LogP contribution < -0.4 is 10.1 Å². The van der Waals surface area contributed by atoms with E-state index in [4.69, 9.17) is 4.74 Å². The van der Waals surface area contributed by atoms with Crippen molar-refractivity contribution in [2.45, 2.75) is 6.92 Å².